The fraction of sp³-hybridized carbons (Fsp3) is 0.533. The molecule has 0 atom stereocenters. The zero-order chi connectivity index (χ0) is 27.8. The van der Waals surface area contributed by atoms with Crippen molar-refractivity contribution in [3.8, 4) is 5.88 Å². The smallest absolute Gasteiger partial charge is 0.255 e. The van der Waals surface area contributed by atoms with Crippen LogP contribution in [0.4, 0.5) is 4.39 Å². The summed E-state index contributed by atoms with van der Waals surface area (Å²) in [6, 6.07) is 5.27. The van der Waals surface area contributed by atoms with Gasteiger partial charge in [0.25, 0.3) is 5.91 Å². The quantitative estimate of drug-likeness (QED) is 0.339. The second-order valence-electron chi connectivity index (χ2n) is 10.5. The molecule has 0 radical (unpaired) electrons. The van der Waals surface area contributed by atoms with Gasteiger partial charge in [-0.3, -0.25) is 9.59 Å². The highest BCUT2D eigenvalue weighted by Gasteiger charge is 2.23. The van der Waals surface area contributed by atoms with Crippen LogP contribution in [0.3, 0.4) is 0 Å². The van der Waals surface area contributed by atoms with Crippen molar-refractivity contribution in [3.63, 3.8) is 0 Å². The van der Waals surface area contributed by atoms with Crippen molar-refractivity contribution in [1.82, 2.24) is 19.7 Å². The Morgan fingerprint density at radius 3 is 2.54 bits per heavy atom. The Morgan fingerprint density at radius 2 is 1.85 bits per heavy atom. The van der Waals surface area contributed by atoms with E-state index < -0.39 is 5.82 Å². The highest BCUT2D eigenvalue weighted by Crippen LogP contribution is 2.28. The van der Waals surface area contributed by atoms with Gasteiger partial charge in [-0.15, -0.1) is 0 Å². The normalized spacial score (nSPS) is 19.7. The van der Waals surface area contributed by atoms with Crippen LogP contribution < -0.4 is 10.1 Å². The number of imidazole rings is 1. The Bertz CT molecular complexity index is 1270. The Kier molecular flexibility index (Phi) is 10.4. The Morgan fingerprint density at radius 1 is 1.10 bits per heavy atom. The standard InChI is InChI=1S/C18H25N3O.C12H14FNO2S/c1-3-5-14-7-9-15(10-8-14)20-18(22)16-6-4-11-21-13(2)12-19-17(16)21;1-8(15)11-6-9(13)7-14-12(11)16-10-2-4-17-5-3-10/h4,6,11-12,14-15H,3,5,7-10H2,1-2H3,(H,20,22);6-7,10H,2-5H2,1H3. The summed E-state index contributed by atoms with van der Waals surface area (Å²) in [6.07, 6.45) is 14.1. The van der Waals surface area contributed by atoms with Crippen molar-refractivity contribution >= 4 is 29.1 Å². The third-order valence-electron chi connectivity index (χ3n) is 7.49. The summed E-state index contributed by atoms with van der Waals surface area (Å²) in [4.78, 5) is 32.2. The number of nitrogens with one attached hydrogen (secondary N) is 1. The molecule has 0 bridgehead atoms. The summed E-state index contributed by atoms with van der Waals surface area (Å²) in [5.74, 6) is 2.50. The van der Waals surface area contributed by atoms with Gasteiger partial charge < -0.3 is 14.5 Å². The first-order valence-corrected chi connectivity index (χ1v) is 15.2. The van der Waals surface area contributed by atoms with E-state index in [0.717, 1.165) is 60.6 Å². The van der Waals surface area contributed by atoms with Crippen LogP contribution in [0.5, 0.6) is 5.88 Å². The van der Waals surface area contributed by atoms with Gasteiger partial charge >= 0.3 is 0 Å². The lowest BCUT2D eigenvalue weighted by Gasteiger charge is -2.29. The van der Waals surface area contributed by atoms with E-state index in [1.165, 1.54) is 38.7 Å². The molecule has 1 saturated heterocycles. The number of aromatic nitrogens is 3. The highest BCUT2D eigenvalue weighted by atomic mass is 32.2. The largest absolute Gasteiger partial charge is 0.474 e. The highest BCUT2D eigenvalue weighted by molar-refractivity contribution is 7.99. The van der Waals surface area contributed by atoms with Crippen LogP contribution in [0.25, 0.3) is 5.65 Å². The minimum atomic E-state index is -0.512. The van der Waals surface area contributed by atoms with Gasteiger partial charge in [0.2, 0.25) is 5.88 Å². The topological polar surface area (TPSA) is 85.6 Å². The third-order valence-corrected chi connectivity index (χ3v) is 8.54. The maximum Gasteiger partial charge on any atom is 0.255 e. The number of ketones is 1. The minimum absolute atomic E-state index is 0.00939. The van der Waals surface area contributed by atoms with E-state index >= 15 is 0 Å². The molecule has 0 unspecified atom stereocenters. The summed E-state index contributed by atoms with van der Waals surface area (Å²) in [7, 11) is 0. The second-order valence-corrected chi connectivity index (χ2v) is 11.7. The van der Waals surface area contributed by atoms with Crippen molar-refractivity contribution in [3.05, 3.63) is 59.4 Å². The molecule has 0 aromatic carbocycles. The molecule has 7 nitrogen and oxygen atoms in total. The molecule has 5 rings (SSSR count). The number of ether oxygens (including phenoxy) is 1. The van der Waals surface area contributed by atoms with Gasteiger partial charge in [-0.2, -0.15) is 11.8 Å². The fourth-order valence-electron chi connectivity index (χ4n) is 5.30. The summed E-state index contributed by atoms with van der Waals surface area (Å²) in [5.41, 5.74) is 2.69. The van der Waals surface area contributed by atoms with Crippen LogP contribution in [0, 0.1) is 18.7 Å². The first-order chi connectivity index (χ1) is 18.9. The second kappa shape index (κ2) is 13.9. The molecule has 9 heteroatoms. The number of hydrogen-bond donors (Lipinski definition) is 1. The zero-order valence-electron chi connectivity index (χ0n) is 23.1. The number of amides is 1. The number of thioether (sulfide) groups is 1. The number of halogens is 1. The number of Topliss-reactive ketones (excluding diaryl/α,β-unsaturated/α-hetero) is 1. The van der Waals surface area contributed by atoms with Gasteiger partial charge in [0.05, 0.1) is 17.3 Å². The average molecular weight is 555 g/mol. The van der Waals surface area contributed by atoms with Gasteiger partial charge in [-0.1, -0.05) is 19.8 Å². The average Bonchev–Trinajstić information content (AvgIpc) is 3.32. The van der Waals surface area contributed by atoms with Crippen LogP contribution in [0.1, 0.15) is 91.6 Å². The summed E-state index contributed by atoms with van der Waals surface area (Å²) < 4.78 is 20.7. The molecule has 1 N–H and O–H groups in total. The molecule has 0 spiro atoms. The van der Waals surface area contributed by atoms with E-state index in [1.807, 2.05) is 47.6 Å². The van der Waals surface area contributed by atoms with Crippen LogP contribution >= 0.6 is 11.8 Å². The zero-order valence-corrected chi connectivity index (χ0v) is 23.9. The summed E-state index contributed by atoms with van der Waals surface area (Å²) in [6.45, 7) is 5.64. The Labute approximate surface area is 234 Å². The van der Waals surface area contributed by atoms with Crippen LogP contribution in [0.15, 0.2) is 36.8 Å². The van der Waals surface area contributed by atoms with E-state index in [1.54, 1.807) is 0 Å². The van der Waals surface area contributed by atoms with Crippen LogP contribution in [-0.4, -0.2) is 49.7 Å². The summed E-state index contributed by atoms with van der Waals surface area (Å²) >= 11 is 1.89. The molecule has 3 aromatic heterocycles. The lowest BCUT2D eigenvalue weighted by molar-refractivity contribution is 0.0921. The van der Waals surface area contributed by atoms with E-state index in [2.05, 4.69) is 22.2 Å². The van der Waals surface area contributed by atoms with Crippen molar-refractivity contribution < 1.29 is 18.7 Å². The molecule has 1 amide bonds. The van der Waals surface area contributed by atoms with Crippen molar-refractivity contribution in [2.75, 3.05) is 11.5 Å². The monoisotopic (exact) mass is 554 g/mol. The van der Waals surface area contributed by atoms with Gasteiger partial charge in [-0.25, -0.2) is 14.4 Å². The molecular formula is C30H39FN4O3S. The van der Waals surface area contributed by atoms with Gasteiger partial charge in [-0.05, 0) is 88.0 Å². The Balaban J connectivity index is 0.000000187. The number of aryl methyl sites for hydroxylation is 1. The number of rotatable bonds is 7. The molecular weight excluding hydrogens is 515 g/mol. The molecule has 1 saturated carbocycles. The SMILES string of the molecule is CC(=O)c1cc(F)cnc1OC1CCSCC1.CCCC1CCC(NC(=O)c2cccn3c(C)cnc23)CC1. The maximum absolute atomic E-state index is 13.0. The molecule has 1 aliphatic heterocycles. The van der Waals surface area contributed by atoms with Gasteiger partial charge in [0, 0.05) is 24.1 Å². The lowest BCUT2D eigenvalue weighted by Crippen LogP contribution is -2.37. The van der Waals surface area contributed by atoms with Crippen LogP contribution in [-0.2, 0) is 0 Å². The number of carbonyl (C=O) groups is 2. The predicted molar refractivity (Wildman–Crippen MR) is 153 cm³/mol. The van der Waals surface area contributed by atoms with Crippen molar-refractivity contribution in [2.24, 2.45) is 5.92 Å². The molecule has 210 valence electrons. The van der Waals surface area contributed by atoms with Crippen molar-refractivity contribution in [2.45, 2.75) is 84.3 Å². The fourth-order valence-corrected chi connectivity index (χ4v) is 6.37. The van der Waals surface area contributed by atoms with E-state index in [0.29, 0.717) is 11.6 Å². The maximum atomic E-state index is 13.0. The van der Waals surface area contributed by atoms with Gasteiger partial charge in [0.1, 0.15) is 17.6 Å². The molecule has 3 aromatic rings. The van der Waals surface area contributed by atoms with E-state index in [-0.39, 0.29) is 29.2 Å². The molecule has 1 aliphatic carbocycles. The molecule has 2 fully saturated rings. The van der Waals surface area contributed by atoms with E-state index in [4.69, 9.17) is 4.74 Å². The van der Waals surface area contributed by atoms with Gasteiger partial charge in [0.15, 0.2) is 5.78 Å². The first kappa shape index (κ1) is 29.1. The van der Waals surface area contributed by atoms with Crippen molar-refractivity contribution in [1.29, 1.82) is 0 Å². The molecule has 39 heavy (non-hydrogen) atoms. The number of fused-ring (bicyclic) bond motifs is 1. The number of carbonyl (C=O) groups excluding carboxylic acids is 2. The number of hydrogen-bond acceptors (Lipinski definition) is 6. The number of nitrogens with zero attached hydrogens (tertiary/aromatic N) is 3. The molecule has 4 heterocycles. The first-order valence-electron chi connectivity index (χ1n) is 14.0. The number of pyridine rings is 2. The minimum Gasteiger partial charge on any atom is -0.474 e. The molecule has 2 aliphatic rings. The Hall–Kier alpha value is -2.94. The lowest BCUT2D eigenvalue weighted by atomic mass is 9.83. The summed E-state index contributed by atoms with van der Waals surface area (Å²) in [5, 5.41) is 3.21. The van der Waals surface area contributed by atoms with E-state index in [9.17, 15) is 14.0 Å². The predicted octanol–water partition coefficient (Wildman–Crippen LogP) is 6.43. The third kappa shape index (κ3) is 7.81. The van der Waals surface area contributed by atoms with Crippen LogP contribution in [0.2, 0.25) is 0 Å².